The van der Waals surface area contributed by atoms with Crippen LogP contribution in [0.15, 0.2) is 42.7 Å². The molecule has 0 atom stereocenters. The molecule has 10 nitrogen and oxygen atoms in total. The predicted molar refractivity (Wildman–Crippen MR) is 138 cm³/mol. The third-order valence-electron chi connectivity index (χ3n) is 6.38. The van der Waals surface area contributed by atoms with Gasteiger partial charge in [-0.05, 0) is 43.7 Å². The molecule has 0 bridgehead atoms. The number of aryl methyl sites for hydroxylation is 1. The van der Waals surface area contributed by atoms with Crippen molar-refractivity contribution in [2.45, 2.75) is 33.5 Å². The van der Waals surface area contributed by atoms with E-state index in [9.17, 15) is 4.79 Å². The number of H-pyrrole nitrogens is 1. The van der Waals surface area contributed by atoms with Crippen molar-refractivity contribution in [2.24, 2.45) is 0 Å². The Labute approximate surface area is 208 Å². The van der Waals surface area contributed by atoms with E-state index >= 15 is 0 Å². The number of aromatic nitrogens is 6. The minimum atomic E-state index is -0.211. The van der Waals surface area contributed by atoms with Crippen molar-refractivity contribution in [3.05, 3.63) is 65.2 Å². The molecule has 0 aliphatic rings. The van der Waals surface area contributed by atoms with Crippen molar-refractivity contribution in [2.75, 3.05) is 19.9 Å². The summed E-state index contributed by atoms with van der Waals surface area (Å²) in [7, 11) is 3.41. The van der Waals surface area contributed by atoms with Gasteiger partial charge in [0, 0.05) is 60.5 Å². The SMILES string of the molecule is CCn1ncc(CN(C)C(=O)c2nc(-c3cc(N)c4cn[nH]c4c3)nc3ccc(COC)cc23)c1C. The Kier molecular flexibility index (Phi) is 6.11. The molecular weight excluding hydrogens is 456 g/mol. The van der Waals surface area contributed by atoms with Crippen LogP contribution < -0.4 is 5.73 Å². The molecule has 10 heteroatoms. The van der Waals surface area contributed by atoms with E-state index in [4.69, 9.17) is 20.4 Å². The first-order chi connectivity index (χ1) is 17.4. The maximum Gasteiger partial charge on any atom is 0.273 e. The number of nitrogens with one attached hydrogen (secondary N) is 1. The summed E-state index contributed by atoms with van der Waals surface area (Å²) >= 11 is 0. The summed E-state index contributed by atoms with van der Waals surface area (Å²) < 4.78 is 7.22. The molecule has 0 fully saturated rings. The van der Waals surface area contributed by atoms with Crippen LogP contribution in [0.1, 0.15) is 34.2 Å². The summed E-state index contributed by atoms with van der Waals surface area (Å²) in [4.78, 5) is 25.0. The van der Waals surface area contributed by atoms with Crippen molar-refractivity contribution in [1.29, 1.82) is 0 Å². The number of aromatic amines is 1. The number of nitrogen functional groups attached to an aromatic ring is 1. The number of methoxy groups -OCH3 is 1. The molecule has 3 heterocycles. The number of carbonyl (C=O) groups excluding carboxylic acids is 1. The number of carbonyl (C=O) groups is 1. The molecule has 3 aromatic heterocycles. The van der Waals surface area contributed by atoms with Crippen molar-refractivity contribution in [3.8, 4) is 11.4 Å². The van der Waals surface area contributed by atoms with Gasteiger partial charge in [0.15, 0.2) is 5.82 Å². The van der Waals surface area contributed by atoms with E-state index in [0.29, 0.717) is 46.8 Å². The van der Waals surface area contributed by atoms with Gasteiger partial charge in [0.05, 0.1) is 30.0 Å². The zero-order chi connectivity index (χ0) is 25.4. The van der Waals surface area contributed by atoms with Crippen LogP contribution in [0, 0.1) is 6.92 Å². The summed E-state index contributed by atoms with van der Waals surface area (Å²) in [6, 6.07) is 9.43. The molecule has 36 heavy (non-hydrogen) atoms. The zero-order valence-electron chi connectivity index (χ0n) is 20.7. The van der Waals surface area contributed by atoms with Gasteiger partial charge in [-0.25, -0.2) is 9.97 Å². The fraction of sp³-hybridized carbons (Fsp3) is 0.269. The monoisotopic (exact) mass is 484 g/mol. The van der Waals surface area contributed by atoms with Crippen LogP contribution in [0.4, 0.5) is 5.69 Å². The summed E-state index contributed by atoms with van der Waals surface area (Å²) in [6.45, 7) is 5.66. The van der Waals surface area contributed by atoms with Crippen LogP contribution in [-0.2, 0) is 24.4 Å². The Bertz CT molecular complexity index is 1590. The first-order valence-corrected chi connectivity index (χ1v) is 11.7. The van der Waals surface area contributed by atoms with Gasteiger partial charge in [-0.15, -0.1) is 0 Å². The topological polar surface area (TPSA) is 128 Å². The summed E-state index contributed by atoms with van der Waals surface area (Å²) in [5, 5.41) is 12.9. The van der Waals surface area contributed by atoms with Crippen LogP contribution >= 0.6 is 0 Å². The van der Waals surface area contributed by atoms with Gasteiger partial charge < -0.3 is 15.4 Å². The van der Waals surface area contributed by atoms with E-state index < -0.39 is 0 Å². The minimum absolute atomic E-state index is 0.211. The summed E-state index contributed by atoms with van der Waals surface area (Å²) in [6.07, 6.45) is 3.49. The normalized spacial score (nSPS) is 11.4. The standard InChI is InChI=1S/C26H28N8O2/c1-5-34-15(2)18(11-29-34)13-33(3)26(35)24-19-8-16(14-36-4)6-7-22(19)30-25(31-24)17-9-21(27)20-12-28-32-23(20)10-17/h6-12H,5,13-14,27H2,1-4H3,(H,28,32). The van der Waals surface area contributed by atoms with E-state index in [1.807, 2.05) is 49.0 Å². The third-order valence-corrected chi connectivity index (χ3v) is 6.38. The Morgan fingerprint density at radius 2 is 2.00 bits per heavy atom. The maximum absolute atomic E-state index is 13.8. The number of amides is 1. The van der Waals surface area contributed by atoms with E-state index in [2.05, 4.69) is 15.3 Å². The number of hydrogen-bond acceptors (Lipinski definition) is 7. The highest BCUT2D eigenvalue weighted by atomic mass is 16.5. The zero-order valence-corrected chi connectivity index (χ0v) is 20.7. The van der Waals surface area contributed by atoms with Crippen molar-refractivity contribution >= 4 is 33.4 Å². The molecule has 0 radical (unpaired) electrons. The molecule has 5 aromatic rings. The largest absolute Gasteiger partial charge is 0.398 e. The molecule has 0 saturated carbocycles. The molecule has 5 rings (SSSR count). The second kappa shape index (κ2) is 9.38. The number of rotatable bonds is 7. The number of fused-ring (bicyclic) bond motifs is 2. The van der Waals surface area contributed by atoms with Gasteiger partial charge in [0.2, 0.25) is 0 Å². The molecule has 184 valence electrons. The lowest BCUT2D eigenvalue weighted by atomic mass is 10.1. The van der Waals surface area contributed by atoms with Crippen LogP contribution in [0.5, 0.6) is 0 Å². The molecule has 0 spiro atoms. The number of nitrogens with zero attached hydrogens (tertiary/aromatic N) is 6. The number of hydrogen-bond donors (Lipinski definition) is 2. The van der Waals surface area contributed by atoms with Crippen molar-refractivity contribution in [3.63, 3.8) is 0 Å². The second-order valence-corrected chi connectivity index (χ2v) is 8.81. The lowest BCUT2D eigenvalue weighted by Crippen LogP contribution is -2.28. The van der Waals surface area contributed by atoms with E-state index in [-0.39, 0.29) is 5.91 Å². The van der Waals surface area contributed by atoms with Gasteiger partial charge in [0.25, 0.3) is 5.91 Å². The highest BCUT2D eigenvalue weighted by molar-refractivity contribution is 6.05. The Morgan fingerprint density at radius 1 is 1.17 bits per heavy atom. The van der Waals surface area contributed by atoms with Crippen molar-refractivity contribution in [1.82, 2.24) is 34.8 Å². The Hall–Kier alpha value is -4.31. The highest BCUT2D eigenvalue weighted by Crippen LogP contribution is 2.29. The van der Waals surface area contributed by atoms with Crippen LogP contribution in [0.2, 0.25) is 0 Å². The fourth-order valence-electron chi connectivity index (χ4n) is 4.40. The van der Waals surface area contributed by atoms with Gasteiger partial charge >= 0.3 is 0 Å². The molecule has 3 N–H and O–H groups in total. The molecule has 1 amide bonds. The van der Waals surface area contributed by atoms with E-state index in [1.165, 1.54) is 0 Å². The maximum atomic E-state index is 13.8. The fourth-order valence-corrected chi connectivity index (χ4v) is 4.40. The van der Waals surface area contributed by atoms with Gasteiger partial charge in [-0.2, -0.15) is 10.2 Å². The minimum Gasteiger partial charge on any atom is -0.398 e. The molecule has 0 saturated heterocycles. The number of benzene rings is 2. The first-order valence-electron chi connectivity index (χ1n) is 11.7. The molecule has 0 unspecified atom stereocenters. The van der Waals surface area contributed by atoms with Gasteiger partial charge in [0.1, 0.15) is 5.69 Å². The summed E-state index contributed by atoms with van der Waals surface area (Å²) in [5.41, 5.74) is 12.2. The highest BCUT2D eigenvalue weighted by Gasteiger charge is 2.22. The smallest absolute Gasteiger partial charge is 0.273 e. The second-order valence-electron chi connectivity index (χ2n) is 8.81. The predicted octanol–water partition coefficient (Wildman–Crippen LogP) is 3.70. The van der Waals surface area contributed by atoms with Gasteiger partial charge in [-0.3, -0.25) is 14.6 Å². The van der Waals surface area contributed by atoms with Crippen LogP contribution in [-0.4, -0.2) is 54.9 Å². The Balaban J connectivity index is 1.61. The number of nitrogens with two attached hydrogens (primary N) is 1. The molecule has 0 aliphatic carbocycles. The van der Waals surface area contributed by atoms with Crippen LogP contribution in [0.25, 0.3) is 33.2 Å². The number of ether oxygens (including phenoxy) is 1. The Morgan fingerprint density at radius 3 is 2.75 bits per heavy atom. The van der Waals surface area contributed by atoms with Crippen molar-refractivity contribution < 1.29 is 9.53 Å². The average molecular weight is 485 g/mol. The van der Waals surface area contributed by atoms with E-state index in [0.717, 1.165) is 34.3 Å². The average Bonchev–Trinajstić information content (AvgIpc) is 3.50. The van der Waals surface area contributed by atoms with Gasteiger partial charge in [-0.1, -0.05) is 6.07 Å². The summed E-state index contributed by atoms with van der Waals surface area (Å²) in [5.74, 6) is 0.203. The molecule has 2 aromatic carbocycles. The van der Waals surface area contributed by atoms with Crippen LogP contribution in [0.3, 0.4) is 0 Å². The quantitative estimate of drug-likeness (QED) is 0.337. The third kappa shape index (κ3) is 4.16. The van der Waals surface area contributed by atoms with E-state index in [1.54, 1.807) is 31.3 Å². The molecule has 0 aliphatic heterocycles. The molecular formula is C26H28N8O2. The number of anilines is 1. The lowest BCUT2D eigenvalue weighted by Gasteiger charge is -2.18. The lowest BCUT2D eigenvalue weighted by molar-refractivity contribution is 0.0781. The first kappa shape index (κ1) is 23.4.